The molecule has 0 radical (unpaired) electrons. The molecule has 1 fully saturated rings. The van der Waals surface area contributed by atoms with Crippen LogP contribution < -0.4 is 0 Å². The minimum Gasteiger partial charge on any atom is -0.345 e. The van der Waals surface area contributed by atoms with Crippen LogP contribution in [-0.2, 0) is 6.54 Å². The Hall–Kier alpha value is -2.24. The van der Waals surface area contributed by atoms with Gasteiger partial charge in [0, 0.05) is 44.5 Å². The molecule has 0 bridgehead atoms. The van der Waals surface area contributed by atoms with Crippen molar-refractivity contribution in [2.24, 2.45) is 0 Å². The number of aromatic nitrogens is 3. The van der Waals surface area contributed by atoms with Gasteiger partial charge < -0.3 is 9.88 Å². The van der Waals surface area contributed by atoms with Gasteiger partial charge in [-0.15, -0.1) is 0 Å². The Morgan fingerprint density at radius 2 is 2.00 bits per heavy atom. The average Bonchev–Trinajstić information content (AvgIpc) is 3.05. The third-order valence-corrected chi connectivity index (χ3v) is 4.49. The smallest absolute Gasteiger partial charge is 0.156 e. The van der Waals surface area contributed by atoms with Crippen LogP contribution >= 0.6 is 0 Å². The minimum atomic E-state index is 0.836. The molecular weight excluding hydrogens is 286 g/mol. The van der Waals surface area contributed by atoms with Crippen molar-refractivity contribution in [1.29, 1.82) is 0 Å². The number of hydrogen-bond donors (Lipinski definition) is 1. The highest BCUT2D eigenvalue weighted by Gasteiger charge is 2.14. The molecule has 1 aliphatic heterocycles. The molecule has 3 aromatic rings. The number of piperazine rings is 1. The number of nitrogens with one attached hydrogen (secondary N) is 1. The summed E-state index contributed by atoms with van der Waals surface area (Å²) < 4.78 is 0. The molecule has 0 aliphatic carbocycles. The summed E-state index contributed by atoms with van der Waals surface area (Å²) in [4.78, 5) is 17.1. The van der Waals surface area contributed by atoms with Gasteiger partial charge in [-0.2, -0.15) is 0 Å². The lowest BCUT2D eigenvalue weighted by Gasteiger charge is -2.32. The van der Waals surface area contributed by atoms with E-state index in [1.54, 1.807) is 0 Å². The third-order valence-electron chi connectivity index (χ3n) is 4.49. The lowest BCUT2D eigenvalue weighted by atomic mass is 10.1. The van der Waals surface area contributed by atoms with Gasteiger partial charge in [-0.25, -0.2) is 9.97 Å². The molecule has 23 heavy (non-hydrogen) atoms. The van der Waals surface area contributed by atoms with Crippen molar-refractivity contribution in [3.8, 4) is 11.3 Å². The Kier molecular flexibility index (Phi) is 3.81. The van der Waals surface area contributed by atoms with Crippen molar-refractivity contribution in [3.63, 3.8) is 0 Å². The number of rotatable bonds is 3. The fraction of sp³-hybridized carbons (Fsp3) is 0.333. The van der Waals surface area contributed by atoms with Gasteiger partial charge in [0.25, 0.3) is 0 Å². The maximum Gasteiger partial charge on any atom is 0.156 e. The number of fused-ring (bicyclic) bond motifs is 1. The standard InChI is InChI=1S/C18H21N5/c1-22-7-9-23(10-8-22)13-14-3-2-4-15(11-14)17-12-20-18-16(21-17)5-6-19-18/h2-6,11-12H,7-10,13H2,1H3,(H,19,20). The first kappa shape index (κ1) is 14.4. The van der Waals surface area contributed by atoms with E-state index in [2.05, 4.69) is 56.1 Å². The number of likely N-dealkylation sites (N-methyl/N-ethyl adjacent to an activating group) is 1. The number of aromatic amines is 1. The van der Waals surface area contributed by atoms with Crippen molar-refractivity contribution in [2.45, 2.75) is 6.54 Å². The van der Waals surface area contributed by atoms with Crippen molar-refractivity contribution in [3.05, 3.63) is 48.3 Å². The molecule has 1 aromatic carbocycles. The lowest BCUT2D eigenvalue weighted by Crippen LogP contribution is -2.43. The van der Waals surface area contributed by atoms with Gasteiger partial charge in [-0.05, 0) is 24.7 Å². The zero-order valence-electron chi connectivity index (χ0n) is 13.4. The van der Waals surface area contributed by atoms with Crippen LogP contribution in [0.3, 0.4) is 0 Å². The third kappa shape index (κ3) is 3.11. The summed E-state index contributed by atoms with van der Waals surface area (Å²) in [7, 11) is 2.19. The number of nitrogens with zero attached hydrogens (tertiary/aromatic N) is 4. The summed E-state index contributed by atoms with van der Waals surface area (Å²) in [5.41, 5.74) is 5.14. The van der Waals surface area contributed by atoms with Crippen molar-refractivity contribution < 1.29 is 0 Å². The van der Waals surface area contributed by atoms with Gasteiger partial charge in [0.05, 0.1) is 11.9 Å². The number of hydrogen-bond acceptors (Lipinski definition) is 4. The molecule has 1 aliphatic rings. The van der Waals surface area contributed by atoms with Crippen LogP contribution in [0.5, 0.6) is 0 Å². The van der Waals surface area contributed by atoms with Gasteiger partial charge in [0.15, 0.2) is 5.65 Å². The molecule has 0 amide bonds. The predicted molar refractivity (Wildman–Crippen MR) is 92.1 cm³/mol. The van der Waals surface area contributed by atoms with Crippen LogP contribution in [0.15, 0.2) is 42.7 Å². The van der Waals surface area contributed by atoms with Crippen molar-refractivity contribution in [1.82, 2.24) is 24.8 Å². The van der Waals surface area contributed by atoms with Crippen LogP contribution in [0.1, 0.15) is 5.56 Å². The van der Waals surface area contributed by atoms with Gasteiger partial charge in [0.1, 0.15) is 5.52 Å². The van der Waals surface area contributed by atoms with E-state index in [-0.39, 0.29) is 0 Å². The minimum absolute atomic E-state index is 0.836. The van der Waals surface area contributed by atoms with E-state index >= 15 is 0 Å². The van der Waals surface area contributed by atoms with E-state index in [1.165, 1.54) is 5.56 Å². The first-order valence-electron chi connectivity index (χ1n) is 8.08. The second-order valence-corrected chi connectivity index (χ2v) is 6.25. The first-order valence-corrected chi connectivity index (χ1v) is 8.08. The zero-order chi connectivity index (χ0) is 15.6. The van der Waals surface area contributed by atoms with Crippen LogP contribution in [-0.4, -0.2) is 58.0 Å². The highest BCUT2D eigenvalue weighted by molar-refractivity contribution is 5.74. The fourth-order valence-corrected chi connectivity index (χ4v) is 3.06. The molecular formula is C18H21N5. The summed E-state index contributed by atoms with van der Waals surface area (Å²) in [6.45, 7) is 5.57. The highest BCUT2D eigenvalue weighted by atomic mass is 15.2. The molecule has 0 spiro atoms. The normalized spacial score (nSPS) is 16.9. The summed E-state index contributed by atoms with van der Waals surface area (Å²) in [5.74, 6) is 0. The molecule has 5 nitrogen and oxygen atoms in total. The quantitative estimate of drug-likeness (QED) is 0.807. The molecule has 0 unspecified atom stereocenters. The Balaban J connectivity index is 1.55. The van der Waals surface area contributed by atoms with Gasteiger partial charge in [-0.3, -0.25) is 4.90 Å². The fourth-order valence-electron chi connectivity index (χ4n) is 3.06. The second-order valence-electron chi connectivity index (χ2n) is 6.25. The average molecular weight is 307 g/mol. The summed E-state index contributed by atoms with van der Waals surface area (Å²) >= 11 is 0. The maximum absolute atomic E-state index is 4.69. The second kappa shape index (κ2) is 6.10. The Morgan fingerprint density at radius 3 is 2.87 bits per heavy atom. The predicted octanol–water partition coefficient (Wildman–Crippen LogP) is 2.37. The van der Waals surface area contributed by atoms with E-state index in [4.69, 9.17) is 0 Å². The molecule has 118 valence electrons. The van der Waals surface area contributed by atoms with Gasteiger partial charge in [0.2, 0.25) is 0 Å². The van der Waals surface area contributed by atoms with Crippen LogP contribution in [0.2, 0.25) is 0 Å². The van der Waals surface area contributed by atoms with Crippen molar-refractivity contribution >= 4 is 11.2 Å². The molecule has 0 saturated carbocycles. The van der Waals surface area contributed by atoms with E-state index in [0.717, 1.165) is 55.1 Å². The van der Waals surface area contributed by atoms with Gasteiger partial charge in [-0.1, -0.05) is 18.2 Å². The van der Waals surface area contributed by atoms with E-state index in [0.29, 0.717) is 0 Å². The van der Waals surface area contributed by atoms with E-state index < -0.39 is 0 Å². The lowest BCUT2D eigenvalue weighted by molar-refractivity contribution is 0.148. The van der Waals surface area contributed by atoms with Crippen LogP contribution in [0.25, 0.3) is 22.4 Å². The highest BCUT2D eigenvalue weighted by Crippen LogP contribution is 2.20. The zero-order valence-corrected chi connectivity index (χ0v) is 13.4. The SMILES string of the molecule is CN1CCN(Cc2cccc(-c3cnc4[nH]ccc4n3)c2)CC1. The van der Waals surface area contributed by atoms with Crippen LogP contribution in [0, 0.1) is 0 Å². The number of H-pyrrole nitrogens is 1. The summed E-state index contributed by atoms with van der Waals surface area (Å²) in [6, 6.07) is 10.6. The maximum atomic E-state index is 4.69. The molecule has 1 saturated heterocycles. The first-order chi connectivity index (χ1) is 11.3. The summed E-state index contributed by atoms with van der Waals surface area (Å²) in [6.07, 6.45) is 3.71. The molecule has 4 rings (SSSR count). The van der Waals surface area contributed by atoms with Gasteiger partial charge >= 0.3 is 0 Å². The summed E-state index contributed by atoms with van der Waals surface area (Å²) in [5, 5.41) is 0. The van der Waals surface area contributed by atoms with E-state index in [1.807, 2.05) is 18.5 Å². The molecule has 1 N–H and O–H groups in total. The largest absolute Gasteiger partial charge is 0.345 e. The van der Waals surface area contributed by atoms with E-state index in [9.17, 15) is 0 Å². The van der Waals surface area contributed by atoms with Crippen LogP contribution in [0.4, 0.5) is 0 Å². The number of benzene rings is 1. The molecule has 0 atom stereocenters. The Labute approximate surface area is 136 Å². The topological polar surface area (TPSA) is 48.0 Å². The van der Waals surface area contributed by atoms with Crippen molar-refractivity contribution in [2.75, 3.05) is 33.2 Å². The molecule has 3 heterocycles. The Morgan fingerprint density at radius 1 is 1.13 bits per heavy atom. The molecule has 5 heteroatoms. The Bertz CT molecular complexity index is 802. The monoisotopic (exact) mass is 307 g/mol. The molecule has 2 aromatic heterocycles.